The van der Waals surface area contributed by atoms with Crippen LogP contribution in [0.15, 0.2) is 18.2 Å². The Kier molecular flexibility index (Phi) is 6.20. The Morgan fingerprint density at radius 1 is 1.17 bits per heavy atom. The van der Waals surface area contributed by atoms with Crippen LogP contribution in [0, 0.1) is 12.8 Å². The minimum Gasteiger partial charge on any atom is -0.372 e. The third-order valence-electron chi connectivity index (χ3n) is 3.32. The lowest BCUT2D eigenvalue weighted by molar-refractivity contribution is 0.551. The Morgan fingerprint density at radius 2 is 1.83 bits per heavy atom. The van der Waals surface area contributed by atoms with E-state index in [-0.39, 0.29) is 0 Å². The predicted molar refractivity (Wildman–Crippen MR) is 81.3 cm³/mol. The van der Waals surface area contributed by atoms with Gasteiger partial charge in [-0.1, -0.05) is 19.9 Å². The molecule has 1 aromatic carbocycles. The first-order valence-corrected chi connectivity index (χ1v) is 7.13. The van der Waals surface area contributed by atoms with E-state index in [0.29, 0.717) is 5.92 Å². The molecular formula is C16H28N2. The molecule has 2 heteroatoms. The normalized spacial score (nSPS) is 11.0. The zero-order valence-electron chi connectivity index (χ0n) is 12.6. The monoisotopic (exact) mass is 248 g/mol. The maximum Gasteiger partial charge on any atom is 0.0368 e. The van der Waals surface area contributed by atoms with Crippen molar-refractivity contribution >= 4 is 5.69 Å². The average Bonchev–Trinajstić information content (AvgIpc) is 2.33. The minimum absolute atomic E-state index is 0.709. The van der Waals surface area contributed by atoms with Crippen molar-refractivity contribution < 1.29 is 0 Å². The van der Waals surface area contributed by atoms with Crippen molar-refractivity contribution in [1.29, 1.82) is 0 Å². The van der Waals surface area contributed by atoms with Crippen LogP contribution >= 0.6 is 0 Å². The number of hydrogen-bond donors (Lipinski definition) is 1. The summed E-state index contributed by atoms with van der Waals surface area (Å²) in [6.45, 7) is 15.3. The second-order valence-electron chi connectivity index (χ2n) is 5.31. The Balaban J connectivity index is 2.67. The fourth-order valence-corrected chi connectivity index (χ4v) is 2.16. The molecule has 0 bridgehead atoms. The van der Waals surface area contributed by atoms with E-state index in [9.17, 15) is 0 Å². The predicted octanol–water partition coefficient (Wildman–Crippen LogP) is 3.59. The summed E-state index contributed by atoms with van der Waals surface area (Å²) >= 11 is 0. The summed E-state index contributed by atoms with van der Waals surface area (Å²) in [5.41, 5.74) is 4.13. The van der Waals surface area contributed by atoms with Crippen LogP contribution in [0.3, 0.4) is 0 Å². The second-order valence-corrected chi connectivity index (χ2v) is 5.31. The van der Waals surface area contributed by atoms with Crippen molar-refractivity contribution in [2.24, 2.45) is 5.92 Å². The lowest BCUT2D eigenvalue weighted by Crippen LogP contribution is -2.22. The zero-order valence-corrected chi connectivity index (χ0v) is 12.6. The molecule has 0 aromatic heterocycles. The van der Waals surface area contributed by atoms with Crippen LogP contribution in [0.1, 0.15) is 38.8 Å². The quantitative estimate of drug-likeness (QED) is 0.793. The van der Waals surface area contributed by atoms with Gasteiger partial charge < -0.3 is 10.2 Å². The summed E-state index contributed by atoms with van der Waals surface area (Å²) in [4.78, 5) is 2.39. The second kappa shape index (κ2) is 7.42. The SMILES string of the molecule is CCN(CC)c1ccc(CNCC(C)C)c(C)c1. The van der Waals surface area contributed by atoms with Gasteiger partial charge in [0.2, 0.25) is 0 Å². The van der Waals surface area contributed by atoms with Crippen LogP contribution in [-0.2, 0) is 6.54 Å². The number of hydrogen-bond acceptors (Lipinski definition) is 2. The van der Waals surface area contributed by atoms with Crippen molar-refractivity contribution in [3.8, 4) is 0 Å². The van der Waals surface area contributed by atoms with Gasteiger partial charge >= 0.3 is 0 Å². The summed E-state index contributed by atoms with van der Waals surface area (Å²) in [7, 11) is 0. The summed E-state index contributed by atoms with van der Waals surface area (Å²) in [5, 5.41) is 3.51. The first kappa shape index (κ1) is 15.0. The van der Waals surface area contributed by atoms with Crippen molar-refractivity contribution in [1.82, 2.24) is 5.32 Å². The average molecular weight is 248 g/mol. The third-order valence-corrected chi connectivity index (χ3v) is 3.32. The smallest absolute Gasteiger partial charge is 0.0368 e. The molecule has 0 aliphatic heterocycles. The largest absolute Gasteiger partial charge is 0.372 e. The molecule has 1 rings (SSSR count). The zero-order chi connectivity index (χ0) is 13.5. The first-order valence-electron chi connectivity index (χ1n) is 7.13. The molecule has 0 radical (unpaired) electrons. The molecule has 0 amide bonds. The van der Waals surface area contributed by atoms with Gasteiger partial charge in [-0.25, -0.2) is 0 Å². The van der Waals surface area contributed by atoms with E-state index < -0.39 is 0 Å². The van der Waals surface area contributed by atoms with E-state index in [2.05, 4.69) is 63.0 Å². The molecule has 0 aliphatic rings. The number of anilines is 1. The van der Waals surface area contributed by atoms with Crippen LogP contribution in [0.5, 0.6) is 0 Å². The van der Waals surface area contributed by atoms with Gasteiger partial charge in [0.1, 0.15) is 0 Å². The van der Waals surface area contributed by atoms with Crippen LogP contribution < -0.4 is 10.2 Å². The molecular weight excluding hydrogens is 220 g/mol. The number of nitrogens with one attached hydrogen (secondary N) is 1. The number of nitrogens with zero attached hydrogens (tertiary/aromatic N) is 1. The minimum atomic E-state index is 0.709. The highest BCUT2D eigenvalue weighted by atomic mass is 15.1. The van der Waals surface area contributed by atoms with Crippen molar-refractivity contribution in [2.75, 3.05) is 24.5 Å². The lowest BCUT2D eigenvalue weighted by atomic mass is 10.1. The van der Waals surface area contributed by atoms with Gasteiger partial charge in [-0.2, -0.15) is 0 Å². The highest BCUT2D eigenvalue weighted by Gasteiger charge is 2.04. The van der Waals surface area contributed by atoms with Gasteiger partial charge in [0, 0.05) is 25.3 Å². The topological polar surface area (TPSA) is 15.3 Å². The van der Waals surface area contributed by atoms with Gasteiger partial charge in [0.25, 0.3) is 0 Å². The Morgan fingerprint density at radius 3 is 2.33 bits per heavy atom. The molecule has 1 N–H and O–H groups in total. The maximum absolute atomic E-state index is 3.51. The lowest BCUT2D eigenvalue weighted by Gasteiger charge is -2.22. The Hall–Kier alpha value is -1.02. The van der Waals surface area contributed by atoms with Crippen LogP contribution in [0.2, 0.25) is 0 Å². The van der Waals surface area contributed by atoms with E-state index in [1.807, 2.05) is 0 Å². The molecule has 0 saturated heterocycles. The van der Waals surface area contributed by atoms with Gasteiger partial charge in [-0.15, -0.1) is 0 Å². The standard InChI is InChI=1S/C16H28N2/c1-6-18(7-2)16-9-8-15(14(5)10-16)12-17-11-13(3)4/h8-10,13,17H,6-7,11-12H2,1-5H3. The van der Waals surface area contributed by atoms with Gasteiger partial charge in [-0.05, 0) is 56.5 Å². The molecule has 102 valence electrons. The molecule has 0 heterocycles. The van der Waals surface area contributed by atoms with Gasteiger partial charge in [-0.3, -0.25) is 0 Å². The number of aryl methyl sites for hydroxylation is 1. The Labute approximate surface area is 112 Å². The molecule has 2 nitrogen and oxygen atoms in total. The summed E-state index contributed by atoms with van der Waals surface area (Å²) in [6.07, 6.45) is 0. The van der Waals surface area contributed by atoms with E-state index in [1.165, 1.54) is 16.8 Å². The molecule has 0 fully saturated rings. The van der Waals surface area contributed by atoms with Gasteiger partial charge in [0.05, 0.1) is 0 Å². The van der Waals surface area contributed by atoms with Crippen molar-refractivity contribution in [3.63, 3.8) is 0 Å². The molecule has 0 unspecified atom stereocenters. The van der Waals surface area contributed by atoms with Gasteiger partial charge in [0.15, 0.2) is 0 Å². The highest BCUT2D eigenvalue weighted by Crippen LogP contribution is 2.19. The fraction of sp³-hybridized carbons (Fsp3) is 0.625. The summed E-state index contributed by atoms with van der Waals surface area (Å²) in [5.74, 6) is 0.709. The maximum atomic E-state index is 3.51. The van der Waals surface area contributed by atoms with Crippen molar-refractivity contribution in [3.05, 3.63) is 29.3 Å². The molecule has 0 saturated carbocycles. The van der Waals surface area contributed by atoms with E-state index in [4.69, 9.17) is 0 Å². The van der Waals surface area contributed by atoms with Crippen LogP contribution in [0.25, 0.3) is 0 Å². The fourth-order valence-electron chi connectivity index (χ4n) is 2.16. The first-order chi connectivity index (χ1) is 8.58. The van der Waals surface area contributed by atoms with E-state index in [0.717, 1.165) is 26.2 Å². The van der Waals surface area contributed by atoms with E-state index >= 15 is 0 Å². The summed E-state index contributed by atoms with van der Waals surface area (Å²) < 4.78 is 0. The number of benzene rings is 1. The number of rotatable bonds is 7. The molecule has 0 aliphatic carbocycles. The van der Waals surface area contributed by atoms with E-state index in [1.54, 1.807) is 0 Å². The molecule has 18 heavy (non-hydrogen) atoms. The molecule has 1 aromatic rings. The highest BCUT2D eigenvalue weighted by molar-refractivity contribution is 5.50. The van der Waals surface area contributed by atoms with Crippen LogP contribution in [-0.4, -0.2) is 19.6 Å². The molecule has 0 spiro atoms. The summed E-state index contributed by atoms with van der Waals surface area (Å²) in [6, 6.07) is 6.81. The van der Waals surface area contributed by atoms with Crippen LogP contribution in [0.4, 0.5) is 5.69 Å². The Bertz CT molecular complexity index is 354. The molecule has 0 atom stereocenters. The van der Waals surface area contributed by atoms with Crippen molar-refractivity contribution in [2.45, 2.75) is 41.2 Å². The third kappa shape index (κ3) is 4.34.